The summed E-state index contributed by atoms with van der Waals surface area (Å²) in [6.45, 7) is 7.46. The fraction of sp³-hybridized carbons (Fsp3) is 0.538. The van der Waals surface area contributed by atoms with Crippen molar-refractivity contribution in [3.8, 4) is 0 Å². The quantitative estimate of drug-likeness (QED) is 0.879. The molecule has 0 fully saturated rings. The lowest BCUT2D eigenvalue weighted by Crippen LogP contribution is -2.23. The Hall–Kier alpha value is -0.780. The standard InChI is InChI=1S/C13H19N3S2/c1-4-14-11(8-10-6-5-7-17-10)13-12(9(2)3)15-16-18-13/h5-7,9,11,14H,4,8H2,1-3H3. The van der Waals surface area contributed by atoms with E-state index in [1.807, 2.05) is 11.3 Å². The molecule has 0 radical (unpaired) electrons. The summed E-state index contributed by atoms with van der Waals surface area (Å²) in [6.07, 6.45) is 1.02. The summed E-state index contributed by atoms with van der Waals surface area (Å²) in [5.41, 5.74) is 1.14. The van der Waals surface area contributed by atoms with Crippen LogP contribution in [-0.2, 0) is 6.42 Å². The van der Waals surface area contributed by atoms with Gasteiger partial charge in [0.15, 0.2) is 0 Å². The van der Waals surface area contributed by atoms with Crippen molar-refractivity contribution in [3.63, 3.8) is 0 Å². The number of likely N-dealkylation sites (N-methyl/N-ethyl adjacent to an activating group) is 1. The van der Waals surface area contributed by atoms with E-state index < -0.39 is 0 Å². The maximum absolute atomic E-state index is 4.28. The molecule has 0 amide bonds. The Morgan fingerprint density at radius 1 is 1.39 bits per heavy atom. The van der Waals surface area contributed by atoms with E-state index in [0.29, 0.717) is 12.0 Å². The SMILES string of the molecule is CCNC(Cc1cccs1)c1snnc1C(C)C. The first-order valence-electron chi connectivity index (χ1n) is 6.30. The molecule has 98 valence electrons. The highest BCUT2D eigenvalue weighted by Crippen LogP contribution is 2.29. The van der Waals surface area contributed by atoms with Crippen LogP contribution < -0.4 is 5.32 Å². The zero-order valence-corrected chi connectivity index (χ0v) is 12.6. The molecule has 0 aromatic carbocycles. The number of hydrogen-bond acceptors (Lipinski definition) is 5. The van der Waals surface area contributed by atoms with E-state index in [0.717, 1.165) is 18.7 Å². The molecule has 0 bridgehead atoms. The average Bonchev–Trinajstić information content (AvgIpc) is 2.99. The van der Waals surface area contributed by atoms with Crippen LogP contribution in [0.2, 0.25) is 0 Å². The van der Waals surface area contributed by atoms with E-state index in [1.165, 1.54) is 21.3 Å². The Bertz CT molecular complexity index is 462. The third-order valence-electron chi connectivity index (χ3n) is 2.84. The largest absolute Gasteiger partial charge is 0.309 e. The molecule has 2 aromatic rings. The van der Waals surface area contributed by atoms with E-state index in [4.69, 9.17) is 0 Å². The van der Waals surface area contributed by atoms with Crippen LogP contribution in [0.4, 0.5) is 0 Å². The molecule has 2 rings (SSSR count). The third-order valence-corrected chi connectivity index (χ3v) is 4.59. The van der Waals surface area contributed by atoms with E-state index >= 15 is 0 Å². The molecule has 2 heterocycles. The summed E-state index contributed by atoms with van der Waals surface area (Å²) in [5.74, 6) is 0.434. The summed E-state index contributed by atoms with van der Waals surface area (Å²) in [6, 6.07) is 4.64. The maximum atomic E-state index is 4.28. The number of nitrogens with zero attached hydrogens (tertiary/aromatic N) is 2. The van der Waals surface area contributed by atoms with E-state index in [2.05, 4.69) is 53.2 Å². The van der Waals surface area contributed by atoms with Gasteiger partial charge in [-0.2, -0.15) is 0 Å². The number of thiophene rings is 1. The normalized spacial score (nSPS) is 13.1. The van der Waals surface area contributed by atoms with Gasteiger partial charge in [0.1, 0.15) is 0 Å². The van der Waals surface area contributed by atoms with Gasteiger partial charge in [-0.15, -0.1) is 16.4 Å². The van der Waals surface area contributed by atoms with Crippen LogP contribution in [0, 0.1) is 0 Å². The summed E-state index contributed by atoms with van der Waals surface area (Å²) < 4.78 is 4.13. The predicted molar refractivity (Wildman–Crippen MR) is 78.4 cm³/mol. The fourth-order valence-electron chi connectivity index (χ4n) is 1.98. The molecule has 0 aliphatic rings. The molecular formula is C13H19N3S2. The van der Waals surface area contributed by atoms with Crippen molar-refractivity contribution < 1.29 is 0 Å². The number of hydrogen-bond donors (Lipinski definition) is 1. The van der Waals surface area contributed by atoms with E-state index in [1.54, 1.807) is 0 Å². The van der Waals surface area contributed by atoms with Gasteiger partial charge in [-0.05, 0) is 35.4 Å². The monoisotopic (exact) mass is 281 g/mol. The molecule has 0 saturated heterocycles. The van der Waals surface area contributed by atoms with Crippen LogP contribution in [0.3, 0.4) is 0 Å². The zero-order chi connectivity index (χ0) is 13.0. The van der Waals surface area contributed by atoms with Crippen LogP contribution in [0.25, 0.3) is 0 Å². The lowest BCUT2D eigenvalue weighted by atomic mass is 10.0. The Morgan fingerprint density at radius 3 is 2.83 bits per heavy atom. The Kier molecular flexibility index (Phi) is 4.86. The Labute approximate surface area is 116 Å². The van der Waals surface area contributed by atoms with Crippen molar-refractivity contribution in [2.24, 2.45) is 0 Å². The average molecular weight is 281 g/mol. The first-order chi connectivity index (χ1) is 8.72. The Morgan fingerprint density at radius 2 is 2.22 bits per heavy atom. The minimum atomic E-state index is 0.339. The second-order valence-corrected chi connectivity index (χ2v) is 6.39. The molecule has 2 aromatic heterocycles. The molecule has 18 heavy (non-hydrogen) atoms. The summed E-state index contributed by atoms with van der Waals surface area (Å²) in [7, 11) is 0. The van der Waals surface area contributed by atoms with E-state index in [-0.39, 0.29) is 0 Å². The highest BCUT2D eigenvalue weighted by atomic mass is 32.1. The minimum absolute atomic E-state index is 0.339. The van der Waals surface area contributed by atoms with Crippen LogP contribution in [-0.4, -0.2) is 16.1 Å². The van der Waals surface area contributed by atoms with Crippen molar-refractivity contribution in [2.45, 2.75) is 39.2 Å². The third kappa shape index (κ3) is 3.16. The first kappa shape index (κ1) is 13.6. The second-order valence-electron chi connectivity index (χ2n) is 4.57. The summed E-state index contributed by atoms with van der Waals surface area (Å²) >= 11 is 3.34. The van der Waals surface area contributed by atoms with Crippen LogP contribution in [0.1, 0.15) is 48.2 Å². The van der Waals surface area contributed by atoms with Gasteiger partial charge in [0.25, 0.3) is 0 Å². The first-order valence-corrected chi connectivity index (χ1v) is 7.95. The molecule has 0 aliphatic carbocycles. The number of rotatable bonds is 6. The molecule has 1 N–H and O–H groups in total. The van der Waals surface area contributed by atoms with Gasteiger partial charge in [0.2, 0.25) is 0 Å². The van der Waals surface area contributed by atoms with Crippen LogP contribution in [0.5, 0.6) is 0 Å². The Balaban J connectivity index is 2.21. The van der Waals surface area contributed by atoms with Crippen LogP contribution in [0.15, 0.2) is 17.5 Å². The summed E-state index contributed by atoms with van der Waals surface area (Å²) in [4.78, 5) is 2.70. The molecular weight excluding hydrogens is 262 g/mol. The fourth-order valence-corrected chi connectivity index (χ4v) is 3.61. The van der Waals surface area contributed by atoms with Crippen molar-refractivity contribution in [3.05, 3.63) is 33.0 Å². The summed E-state index contributed by atoms with van der Waals surface area (Å²) in [5, 5.41) is 9.97. The van der Waals surface area contributed by atoms with Gasteiger partial charge in [0.05, 0.1) is 10.6 Å². The van der Waals surface area contributed by atoms with Gasteiger partial charge in [0, 0.05) is 17.3 Å². The molecule has 0 spiro atoms. The van der Waals surface area contributed by atoms with Crippen molar-refractivity contribution in [2.75, 3.05) is 6.54 Å². The van der Waals surface area contributed by atoms with Gasteiger partial charge in [-0.1, -0.05) is 31.3 Å². The van der Waals surface area contributed by atoms with Gasteiger partial charge < -0.3 is 5.32 Å². The van der Waals surface area contributed by atoms with E-state index in [9.17, 15) is 0 Å². The second kappa shape index (κ2) is 6.41. The maximum Gasteiger partial charge on any atom is 0.0829 e. The molecule has 0 aliphatic heterocycles. The van der Waals surface area contributed by atoms with Gasteiger partial charge >= 0.3 is 0 Å². The highest BCUT2D eigenvalue weighted by molar-refractivity contribution is 7.10. The van der Waals surface area contributed by atoms with Crippen LogP contribution >= 0.6 is 22.9 Å². The topological polar surface area (TPSA) is 37.8 Å². The molecule has 5 heteroatoms. The smallest absolute Gasteiger partial charge is 0.0829 e. The number of nitrogens with one attached hydrogen (secondary N) is 1. The predicted octanol–water partition coefficient (Wildman–Crippen LogP) is 3.62. The van der Waals surface area contributed by atoms with Crippen molar-refractivity contribution in [1.29, 1.82) is 0 Å². The minimum Gasteiger partial charge on any atom is -0.309 e. The number of aromatic nitrogens is 2. The van der Waals surface area contributed by atoms with Crippen molar-refractivity contribution >= 4 is 22.9 Å². The molecule has 1 atom stereocenters. The highest BCUT2D eigenvalue weighted by Gasteiger charge is 2.21. The molecule has 0 saturated carbocycles. The lowest BCUT2D eigenvalue weighted by Gasteiger charge is -2.17. The zero-order valence-electron chi connectivity index (χ0n) is 11.0. The van der Waals surface area contributed by atoms with Crippen molar-refractivity contribution in [1.82, 2.24) is 14.9 Å². The van der Waals surface area contributed by atoms with Gasteiger partial charge in [-0.3, -0.25) is 0 Å². The molecule has 1 unspecified atom stereocenters. The lowest BCUT2D eigenvalue weighted by molar-refractivity contribution is 0.552. The molecule has 3 nitrogen and oxygen atoms in total. The van der Waals surface area contributed by atoms with Gasteiger partial charge in [-0.25, -0.2) is 0 Å².